The summed E-state index contributed by atoms with van der Waals surface area (Å²) in [7, 11) is 1.71. The highest BCUT2D eigenvalue weighted by Crippen LogP contribution is 2.39. The molecule has 0 spiro atoms. The van der Waals surface area contributed by atoms with Gasteiger partial charge in [-0.05, 0) is 50.4 Å². The Balaban J connectivity index is 2.46. The molecule has 1 aliphatic carbocycles. The lowest BCUT2D eigenvalue weighted by atomic mass is 9.88. The molecule has 5 heteroatoms. The summed E-state index contributed by atoms with van der Waals surface area (Å²) < 4.78 is 40.1. The third kappa shape index (κ3) is 3.44. The van der Waals surface area contributed by atoms with E-state index >= 15 is 0 Å². The van der Waals surface area contributed by atoms with Crippen LogP contribution in [0.3, 0.4) is 0 Å². The molecule has 1 aliphatic rings. The molecule has 1 N–H and O–H groups in total. The van der Waals surface area contributed by atoms with Gasteiger partial charge in [0.1, 0.15) is 0 Å². The number of likely N-dealkylation sites (N-methyl/N-ethyl adjacent to an activating group) is 1. The number of halogens is 4. The van der Waals surface area contributed by atoms with Crippen molar-refractivity contribution in [3.05, 3.63) is 45.4 Å². The van der Waals surface area contributed by atoms with Crippen LogP contribution in [0.4, 0.5) is 13.2 Å². The average Bonchev–Trinajstić information content (AvgIpc) is 2.41. The van der Waals surface area contributed by atoms with Crippen LogP contribution in [-0.4, -0.2) is 7.05 Å². The van der Waals surface area contributed by atoms with E-state index < -0.39 is 11.7 Å². The summed E-state index contributed by atoms with van der Waals surface area (Å²) in [6.07, 6.45) is 1.70. The van der Waals surface area contributed by atoms with Crippen LogP contribution in [0.5, 0.6) is 0 Å². The van der Waals surface area contributed by atoms with Crippen molar-refractivity contribution in [3.8, 4) is 0 Å². The SMILES string of the molecule is CNC(C1=CCCCC1)c1ccc(Br)cc1C(F)(F)F. The molecule has 0 aliphatic heterocycles. The van der Waals surface area contributed by atoms with Crippen molar-refractivity contribution in [1.82, 2.24) is 5.32 Å². The maximum absolute atomic E-state index is 13.2. The summed E-state index contributed by atoms with van der Waals surface area (Å²) in [5, 5.41) is 3.04. The van der Waals surface area contributed by atoms with Gasteiger partial charge in [-0.3, -0.25) is 0 Å². The molecule has 0 amide bonds. The van der Waals surface area contributed by atoms with Crippen LogP contribution in [0.1, 0.15) is 42.9 Å². The Labute approximate surface area is 125 Å². The van der Waals surface area contributed by atoms with Crippen molar-refractivity contribution in [2.75, 3.05) is 7.05 Å². The van der Waals surface area contributed by atoms with Crippen LogP contribution in [0, 0.1) is 0 Å². The lowest BCUT2D eigenvalue weighted by Crippen LogP contribution is -2.23. The Bertz CT molecular complexity index is 508. The van der Waals surface area contributed by atoms with E-state index in [-0.39, 0.29) is 6.04 Å². The fraction of sp³-hybridized carbons (Fsp3) is 0.467. The summed E-state index contributed by atoms with van der Waals surface area (Å²) in [5.74, 6) is 0. The summed E-state index contributed by atoms with van der Waals surface area (Å²) in [5.41, 5.74) is 0.792. The molecule has 0 bridgehead atoms. The van der Waals surface area contributed by atoms with E-state index in [1.165, 1.54) is 0 Å². The quantitative estimate of drug-likeness (QED) is 0.738. The van der Waals surface area contributed by atoms with Gasteiger partial charge in [-0.15, -0.1) is 0 Å². The Kier molecular flexibility index (Phi) is 4.91. The number of hydrogen-bond donors (Lipinski definition) is 1. The Morgan fingerprint density at radius 2 is 2.00 bits per heavy atom. The van der Waals surface area contributed by atoms with Gasteiger partial charge in [-0.1, -0.05) is 33.6 Å². The summed E-state index contributed by atoms with van der Waals surface area (Å²) in [6.45, 7) is 0. The minimum Gasteiger partial charge on any atom is -0.310 e. The van der Waals surface area contributed by atoms with Gasteiger partial charge in [0.15, 0.2) is 0 Å². The van der Waals surface area contributed by atoms with E-state index in [0.717, 1.165) is 37.3 Å². The van der Waals surface area contributed by atoms with Crippen molar-refractivity contribution in [2.45, 2.75) is 37.9 Å². The second-order valence-corrected chi connectivity index (χ2v) is 5.89. The second kappa shape index (κ2) is 6.31. The highest BCUT2D eigenvalue weighted by molar-refractivity contribution is 9.10. The van der Waals surface area contributed by atoms with Gasteiger partial charge in [0.2, 0.25) is 0 Å². The smallest absolute Gasteiger partial charge is 0.310 e. The maximum Gasteiger partial charge on any atom is 0.416 e. The summed E-state index contributed by atoms with van der Waals surface area (Å²) >= 11 is 3.12. The molecule has 1 aromatic carbocycles. The first-order valence-corrected chi connectivity index (χ1v) is 7.45. The lowest BCUT2D eigenvalue weighted by molar-refractivity contribution is -0.138. The van der Waals surface area contributed by atoms with E-state index in [0.29, 0.717) is 10.0 Å². The zero-order chi connectivity index (χ0) is 14.8. The van der Waals surface area contributed by atoms with Crippen LogP contribution in [0.2, 0.25) is 0 Å². The van der Waals surface area contributed by atoms with E-state index in [9.17, 15) is 13.2 Å². The van der Waals surface area contributed by atoms with Gasteiger partial charge in [0.25, 0.3) is 0 Å². The van der Waals surface area contributed by atoms with Gasteiger partial charge < -0.3 is 5.32 Å². The van der Waals surface area contributed by atoms with Crippen molar-refractivity contribution in [2.24, 2.45) is 0 Å². The summed E-state index contributed by atoms with van der Waals surface area (Å²) in [6, 6.07) is 4.02. The zero-order valence-electron chi connectivity index (χ0n) is 11.2. The Hall–Kier alpha value is -0.810. The van der Waals surface area contributed by atoms with Crippen molar-refractivity contribution in [1.29, 1.82) is 0 Å². The largest absolute Gasteiger partial charge is 0.416 e. The number of allylic oxidation sites excluding steroid dienone is 1. The molecule has 0 saturated carbocycles. The molecule has 110 valence electrons. The average molecular weight is 348 g/mol. The lowest BCUT2D eigenvalue weighted by Gasteiger charge is -2.26. The standard InChI is InChI=1S/C15H17BrF3N/c1-20-14(10-5-3-2-4-6-10)12-8-7-11(16)9-13(12)15(17,18)19/h5,7-9,14,20H,2-4,6H2,1H3. The highest BCUT2D eigenvalue weighted by Gasteiger charge is 2.36. The molecule has 1 atom stereocenters. The molecular weight excluding hydrogens is 331 g/mol. The number of benzene rings is 1. The van der Waals surface area contributed by atoms with Crippen LogP contribution < -0.4 is 5.32 Å². The molecule has 0 fully saturated rings. The van der Waals surface area contributed by atoms with E-state index in [2.05, 4.69) is 27.3 Å². The molecule has 0 aromatic heterocycles. The molecule has 1 unspecified atom stereocenters. The Morgan fingerprint density at radius 3 is 2.55 bits per heavy atom. The first kappa shape index (κ1) is 15.6. The molecule has 0 radical (unpaired) electrons. The maximum atomic E-state index is 13.2. The molecule has 1 nitrogen and oxygen atoms in total. The zero-order valence-corrected chi connectivity index (χ0v) is 12.8. The Morgan fingerprint density at radius 1 is 1.25 bits per heavy atom. The monoisotopic (exact) mass is 347 g/mol. The highest BCUT2D eigenvalue weighted by atomic mass is 79.9. The normalized spacial score (nSPS) is 17.8. The van der Waals surface area contributed by atoms with Crippen LogP contribution in [0.15, 0.2) is 34.3 Å². The fourth-order valence-electron chi connectivity index (χ4n) is 2.69. The third-order valence-electron chi connectivity index (χ3n) is 3.62. The third-order valence-corrected chi connectivity index (χ3v) is 4.11. The summed E-state index contributed by atoms with van der Waals surface area (Å²) in [4.78, 5) is 0. The minimum absolute atomic E-state index is 0.302. The number of nitrogens with one attached hydrogen (secondary N) is 1. The van der Waals surface area contributed by atoms with E-state index in [1.807, 2.05) is 0 Å². The fourth-order valence-corrected chi connectivity index (χ4v) is 3.05. The van der Waals surface area contributed by atoms with Crippen molar-refractivity contribution < 1.29 is 13.2 Å². The predicted molar refractivity (Wildman–Crippen MR) is 77.5 cm³/mol. The van der Waals surface area contributed by atoms with Gasteiger partial charge in [-0.2, -0.15) is 13.2 Å². The molecular formula is C15H17BrF3N. The first-order valence-electron chi connectivity index (χ1n) is 6.66. The van der Waals surface area contributed by atoms with E-state index in [1.54, 1.807) is 19.2 Å². The molecule has 20 heavy (non-hydrogen) atoms. The number of hydrogen-bond acceptors (Lipinski definition) is 1. The van der Waals surface area contributed by atoms with Crippen LogP contribution in [0.25, 0.3) is 0 Å². The van der Waals surface area contributed by atoms with Crippen LogP contribution >= 0.6 is 15.9 Å². The van der Waals surface area contributed by atoms with Gasteiger partial charge in [0.05, 0.1) is 11.6 Å². The number of alkyl halides is 3. The first-order chi connectivity index (χ1) is 9.43. The molecule has 1 aromatic rings. The molecule has 0 saturated heterocycles. The second-order valence-electron chi connectivity index (χ2n) is 4.98. The predicted octanol–water partition coefficient (Wildman–Crippen LogP) is 5.23. The molecule has 0 heterocycles. The van der Waals surface area contributed by atoms with Gasteiger partial charge in [-0.25, -0.2) is 0 Å². The minimum atomic E-state index is -4.34. The topological polar surface area (TPSA) is 12.0 Å². The van der Waals surface area contributed by atoms with Gasteiger partial charge in [0, 0.05) is 4.47 Å². The van der Waals surface area contributed by atoms with Crippen molar-refractivity contribution in [3.63, 3.8) is 0 Å². The van der Waals surface area contributed by atoms with E-state index in [4.69, 9.17) is 0 Å². The van der Waals surface area contributed by atoms with Gasteiger partial charge >= 0.3 is 6.18 Å². The number of rotatable bonds is 3. The van der Waals surface area contributed by atoms with Crippen molar-refractivity contribution >= 4 is 15.9 Å². The molecule has 2 rings (SSSR count). The van der Waals surface area contributed by atoms with Crippen LogP contribution in [-0.2, 0) is 6.18 Å².